The van der Waals surface area contributed by atoms with Gasteiger partial charge in [0.15, 0.2) is 11.8 Å². The van der Waals surface area contributed by atoms with E-state index in [1.165, 1.54) is 16.6 Å². The van der Waals surface area contributed by atoms with Crippen LogP contribution in [0.3, 0.4) is 0 Å². The van der Waals surface area contributed by atoms with Crippen molar-refractivity contribution >= 4 is 29.0 Å². The van der Waals surface area contributed by atoms with Gasteiger partial charge in [-0.25, -0.2) is 4.79 Å². The molecule has 1 aromatic heterocycles. The number of carbonyl (C=O) groups is 1. The molecule has 1 amide bonds. The van der Waals surface area contributed by atoms with E-state index in [0.29, 0.717) is 10.8 Å². The number of aromatic nitrogens is 2. The summed E-state index contributed by atoms with van der Waals surface area (Å²) >= 11 is 5.99. The van der Waals surface area contributed by atoms with Crippen LogP contribution in [0.4, 0.5) is 11.5 Å². The SMILES string of the molecule is COCCN(C(=O)C(C)Oc1cccc(Cl)c1)c1c(N)n(Cc2ccccc2)c(=O)[nH]c1=O. The average molecular weight is 473 g/mol. The molecule has 10 heteroatoms. The molecule has 0 saturated carbocycles. The minimum Gasteiger partial charge on any atom is -0.481 e. The largest absolute Gasteiger partial charge is 0.481 e. The lowest BCUT2D eigenvalue weighted by Crippen LogP contribution is -2.47. The van der Waals surface area contributed by atoms with Gasteiger partial charge in [-0.15, -0.1) is 0 Å². The highest BCUT2D eigenvalue weighted by atomic mass is 35.5. The zero-order valence-electron chi connectivity index (χ0n) is 18.3. The molecule has 0 aliphatic heterocycles. The summed E-state index contributed by atoms with van der Waals surface area (Å²) in [6.45, 7) is 1.82. The first kappa shape index (κ1) is 24.1. The van der Waals surface area contributed by atoms with Crippen molar-refractivity contribution < 1.29 is 14.3 Å². The first-order valence-electron chi connectivity index (χ1n) is 10.2. The molecule has 1 heterocycles. The lowest BCUT2D eigenvalue weighted by Gasteiger charge is -2.27. The van der Waals surface area contributed by atoms with Crippen molar-refractivity contribution in [1.82, 2.24) is 9.55 Å². The standard InChI is InChI=1S/C23H25ClN4O5/c1-15(33-18-10-6-9-17(24)13-18)22(30)27(11-12-32-2)19-20(25)28(23(31)26-21(19)29)14-16-7-4-3-5-8-16/h3-10,13,15H,11-12,14,25H2,1-2H3,(H,26,29,31). The monoisotopic (exact) mass is 472 g/mol. The Bertz CT molecular complexity index is 1230. The number of benzene rings is 2. The molecule has 0 aliphatic rings. The molecule has 0 bridgehead atoms. The maximum absolute atomic E-state index is 13.3. The number of halogens is 1. The third kappa shape index (κ3) is 5.82. The average Bonchev–Trinajstić information content (AvgIpc) is 2.79. The number of methoxy groups -OCH3 is 1. The summed E-state index contributed by atoms with van der Waals surface area (Å²) in [6.07, 6.45) is -0.978. The molecule has 1 atom stereocenters. The number of aromatic amines is 1. The number of nitrogens with zero attached hydrogens (tertiary/aromatic N) is 2. The van der Waals surface area contributed by atoms with Crippen molar-refractivity contribution in [3.63, 3.8) is 0 Å². The highest BCUT2D eigenvalue weighted by Gasteiger charge is 2.28. The van der Waals surface area contributed by atoms with Crippen LogP contribution in [-0.4, -0.2) is 41.8 Å². The second-order valence-corrected chi connectivity index (χ2v) is 7.70. The fourth-order valence-corrected chi connectivity index (χ4v) is 3.47. The van der Waals surface area contributed by atoms with Crippen LogP contribution in [-0.2, 0) is 16.1 Å². The van der Waals surface area contributed by atoms with E-state index in [0.717, 1.165) is 5.56 Å². The Morgan fingerprint density at radius 3 is 2.58 bits per heavy atom. The summed E-state index contributed by atoms with van der Waals surface area (Å²) in [5, 5.41) is 0.456. The van der Waals surface area contributed by atoms with Crippen LogP contribution in [0.1, 0.15) is 12.5 Å². The zero-order valence-corrected chi connectivity index (χ0v) is 19.0. The van der Waals surface area contributed by atoms with Crippen LogP contribution < -0.4 is 26.6 Å². The molecule has 3 N–H and O–H groups in total. The van der Waals surface area contributed by atoms with E-state index in [1.54, 1.807) is 31.2 Å². The van der Waals surface area contributed by atoms with Gasteiger partial charge in [0.2, 0.25) is 0 Å². The number of rotatable bonds is 9. The molecule has 1 unspecified atom stereocenters. The van der Waals surface area contributed by atoms with E-state index in [-0.39, 0.29) is 31.2 Å². The minimum absolute atomic E-state index is 0.0232. The van der Waals surface area contributed by atoms with Gasteiger partial charge in [0.25, 0.3) is 11.5 Å². The topological polar surface area (TPSA) is 120 Å². The quantitative estimate of drug-likeness (QED) is 0.493. The minimum atomic E-state index is -0.978. The molecule has 0 aliphatic carbocycles. The molecule has 174 valence electrons. The van der Waals surface area contributed by atoms with E-state index in [1.807, 2.05) is 30.3 Å². The van der Waals surface area contributed by atoms with Crippen molar-refractivity contribution in [3.05, 3.63) is 86.0 Å². The third-order valence-corrected chi connectivity index (χ3v) is 5.14. The van der Waals surface area contributed by atoms with Gasteiger partial charge in [-0.05, 0) is 30.7 Å². The summed E-state index contributed by atoms with van der Waals surface area (Å²) in [5.74, 6) is -0.271. The number of H-pyrrole nitrogens is 1. The number of nitrogens with one attached hydrogen (secondary N) is 1. The number of anilines is 2. The molecule has 0 saturated heterocycles. The summed E-state index contributed by atoms with van der Waals surface area (Å²) in [5.41, 5.74) is 5.47. The molecule has 2 aromatic carbocycles. The molecular weight excluding hydrogens is 448 g/mol. The smallest absolute Gasteiger partial charge is 0.330 e. The van der Waals surface area contributed by atoms with Crippen molar-refractivity contribution in [2.75, 3.05) is 30.9 Å². The Morgan fingerprint density at radius 2 is 1.91 bits per heavy atom. The number of hydrogen-bond donors (Lipinski definition) is 2. The van der Waals surface area contributed by atoms with Gasteiger partial charge in [-0.2, -0.15) is 0 Å². The Balaban J connectivity index is 1.99. The van der Waals surface area contributed by atoms with Crippen LogP contribution in [0.2, 0.25) is 5.02 Å². The molecule has 3 rings (SSSR count). The maximum atomic E-state index is 13.3. The normalized spacial score (nSPS) is 11.7. The molecule has 3 aromatic rings. The zero-order chi connectivity index (χ0) is 24.0. The first-order valence-corrected chi connectivity index (χ1v) is 10.6. The van der Waals surface area contributed by atoms with Gasteiger partial charge < -0.3 is 15.2 Å². The maximum Gasteiger partial charge on any atom is 0.330 e. The fourth-order valence-electron chi connectivity index (χ4n) is 3.29. The lowest BCUT2D eigenvalue weighted by atomic mass is 10.2. The van der Waals surface area contributed by atoms with Gasteiger partial charge in [-0.1, -0.05) is 48.0 Å². The molecule has 0 spiro atoms. The summed E-state index contributed by atoms with van der Waals surface area (Å²) < 4.78 is 12.1. The first-order chi connectivity index (χ1) is 15.8. The van der Waals surface area contributed by atoms with E-state index in [9.17, 15) is 14.4 Å². The van der Waals surface area contributed by atoms with Gasteiger partial charge in [0, 0.05) is 18.7 Å². The highest BCUT2D eigenvalue weighted by Crippen LogP contribution is 2.22. The number of nitrogens with two attached hydrogens (primary N) is 1. The Morgan fingerprint density at radius 1 is 1.18 bits per heavy atom. The van der Waals surface area contributed by atoms with Crippen molar-refractivity contribution in [2.45, 2.75) is 19.6 Å². The predicted octanol–water partition coefficient (Wildman–Crippen LogP) is 2.27. The number of nitrogen functional groups attached to an aromatic ring is 1. The number of carbonyl (C=O) groups excluding carboxylic acids is 1. The van der Waals surface area contributed by atoms with Crippen LogP contribution in [0, 0.1) is 0 Å². The van der Waals surface area contributed by atoms with E-state index in [4.69, 9.17) is 26.8 Å². The Labute approximate surface area is 195 Å². The van der Waals surface area contributed by atoms with Crippen molar-refractivity contribution in [3.8, 4) is 5.75 Å². The molecule has 33 heavy (non-hydrogen) atoms. The number of amides is 1. The summed E-state index contributed by atoms with van der Waals surface area (Å²) in [4.78, 5) is 42.0. The number of ether oxygens (including phenoxy) is 2. The molecule has 9 nitrogen and oxygen atoms in total. The van der Waals surface area contributed by atoms with E-state index >= 15 is 0 Å². The van der Waals surface area contributed by atoms with Gasteiger partial charge in [0.1, 0.15) is 11.6 Å². The molecule has 0 fully saturated rings. The van der Waals surface area contributed by atoms with Crippen LogP contribution >= 0.6 is 11.6 Å². The fraction of sp³-hybridized carbons (Fsp3) is 0.261. The summed E-state index contributed by atoms with van der Waals surface area (Å²) in [6, 6.07) is 15.8. The molecule has 0 radical (unpaired) electrons. The van der Waals surface area contributed by atoms with E-state index < -0.39 is 23.3 Å². The van der Waals surface area contributed by atoms with Gasteiger partial charge in [0.05, 0.1) is 13.2 Å². The summed E-state index contributed by atoms with van der Waals surface area (Å²) in [7, 11) is 1.47. The van der Waals surface area contributed by atoms with Crippen LogP contribution in [0.15, 0.2) is 64.2 Å². The predicted molar refractivity (Wildman–Crippen MR) is 127 cm³/mol. The van der Waals surface area contributed by atoms with Crippen LogP contribution in [0.25, 0.3) is 0 Å². The Hall–Kier alpha value is -3.56. The van der Waals surface area contributed by atoms with Gasteiger partial charge >= 0.3 is 5.69 Å². The van der Waals surface area contributed by atoms with Crippen LogP contribution in [0.5, 0.6) is 5.75 Å². The van der Waals surface area contributed by atoms with Crippen molar-refractivity contribution in [2.24, 2.45) is 0 Å². The Kier molecular flexibility index (Phi) is 7.92. The van der Waals surface area contributed by atoms with E-state index in [2.05, 4.69) is 4.98 Å². The lowest BCUT2D eigenvalue weighted by molar-refractivity contribution is -0.124. The second kappa shape index (κ2) is 10.8. The highest BCUT2D eigenvalue weighted by molar-refractivity contribution is 6.30. The third-order valence-electron chi connectivity index (χ3n) is 4.91. The number of hydrogen-bond acceptors (Lipinski definition) is 6. The second-order valence-electron chi connectivity index (χ2n) is 7.26. The van der Waals surface area contributed by atoms with Gasteiger partial charge in [-0.3, -0.25) is 24.0 Å². The molecular formula is C23H25ClN4O5. The van der Waals surface area contributed by atoms with Crippen molar-refractivity contribution in [1.29, 1.82) is 0 Å².